The van der Waals surface area contributed by atoms with E-state index in [4.69, 9.17) is 4.98 Å². The van der Waals surface area contributed by atoms with Crippen molar-refractivity contribution < 1.29 is 4.79 Å². The van der Waals surface area contributed by atoms with E-state index >= 15 is 0 Å². The van der Waals surface area contributed by atoms with E-state index in [-0.39, 0.29) is 0 Å². The number of carbonyl (C=O) groups is 1. The van der Waals surface area contributed by atoms with E-state index in [1.807, 2.05) is 12.1 Å². The van der Waals surface area contributed by atoms with Crippen LogP contribution < -0.4 is 0 Å². The van der Waals surface area contributed by atoms with Gasteiger partial charge in [-0.15, -0.1) is 0 Å². The SMILES string of the molecule is O=C(C1CC1)N1CCC(Cn2c(-c3ccc(-c4ccccc4)cc3)nc3ccc(Br)cc32)C1. The van der Waals surface area contributed by atoms with Crippen LogP contribution in [0.3, 0.4) is 0 Å². The Kier molecular flexibility index (Phi) is 5.30. The average Bonchev–Trinajstić information content (AvgIpc) is 3.50. The smallest absolute Gasteiger partial charge is 0.225 e. The van der Waals surface area contributed by atoms with Gasteiger partial charge in [-0.1, -0.05) is 70.5 Å². The normalized spacial score (nSPS) is 18.2. The molecule has 1 amide bonds. The fourth-order valence-electron chi connectivity index (χ4n) is 4.97. The van der Waals surface area contributed by atoms with Crippen LogP contribution in [0.4, 0.5) is 0 Å². The number of carbonyl (C=O) groups excluding carboxylic acids is 1. The maximum atomic E-state index is 12.6. The van der Waals surface area contributed by atoms with Crippen LogP contribution in [0.1, 0.15) is 19.3 Å². The van der Waals surface area contributed by atoms with Gasteiger partial charge >= 0.3 is 0 Å². The Labute approximate surface area is 202 Å². The molecule has 3 aromatic carbocycles. The highest BCUT2D eigenvalue weighted by atomic mass is 79.9. The van der Waals surface area contributed by atoms with Gasteiger partial charge in [-0.25, -0.2) is 4.98 Å². The Morgan fingerprint density at radius 3 is 2.39 bits per heavy atom. The second-order valence-electron chi connectivity index (χ2n) is 9.34. The minimum atomic E-state index is 0.299. The van der Waals surface area contributed by atoms with Crippen molar-refractivity contribution in [3.63, 3.8) is 0 Å². The van der Waals surface area contributed by atoms with E-state index in [2.05, 4.69) is 86.1 Å². The number of aromatic nitrogens is 2. The number of fused-ring (bicyclic) bond motifs is 1. The second-order valence-corrected chi connectivity index (χ2v) is 10.3. The van der Waals surface area contributed by atoms with E-state index in [1.54, 1.807) is 0 Å². The molecule has 2 heterocycles. The lowest BCUT2D eigenvalue weighted by atomic mass is 10.0. The van der Waals surface area contributed by atoms with Crippen LogP contribution in [0, 0.1) is 11.8 Å². The molecule has 33 heavy (non-hydrogen) atoms. The highest BCUT2D eigenvalue weighted by molar-refractivity contribution is 9.10. The van der Waals surface area contributed by atoms with Crippen molar-refractivity contribution >= 4 is 32.9 Å². The van der Waals surface area contributed by atoms with E-state index < -0.39 is 0 Å². The number of hydrogen-bond donors (Lipinski definition) is 0. The summed E-state index contributed by atoms with van der Waals surface area (Å²) in [5.74, 6) is 2.11. The van der Waals surface area contributed by atoms with Crippen LogP contribution >= 0.6 is 15.9 Å². The van der Waals surface area contributed by atoms with Gasteiger partial charge in [-0.3, -0.25) is 4.79 Å². The molecule has 5 heteroatoms. The maximum absolute atomic E-state index is 12.6. The fourth-order valence-corrected chi connectivity index (χ4v) is 5.32. The Bertz CT molecular complexity index is 1310. The molecule has 1 aromatic heterocycles. The highest BCUT2D eigenvalue weighted by Gasteiger charge is 2.36. The Hall–Kier alpha value is -2.92. The lowest BCUT2D eigenvalue weighted by Crippen LogP contribution is -2.30. The molecule has 2 aliphatic rings. The van der Waals surface area contributed by atoms with Crippen LogP contribution in [-0.4, -0.2) is 33.4 Å². The third-order valence-electron chi connectivity index (χ3n) is 6.93. The average molecular weight is 500 g/mol. The number of halogens is 1. The van der Waals surface area contributed by atoms with Gasteiger partial charge in [0.25, 0.3) is 0 Å². The van der Waals surface area contributed by atoms with Gasteiger partial charge in [-0.2, -0.15) is 0 Å². The van der Waals surface area contributed by atoms with Crippen molar-refractivity contribution in [2.75, 3.05) is 13.1 Å². The number of nitrogens with zero attached hydrogens (tertiary/aromatic N) is 3. The molecular formula is C28H26BrN3O. The topological polar surface area (TPSA) is 38.1 Å². The second kappa shape index (κ2) is 8.45. The standard InChI is InChI=1S/C28H26BrN3O/c29-24-12-13-25-26(16-24)32(18-19-14-15-31(17-19)28(33)23-10-11-23)27(30-25)22-8-6-21(7-9-22)20-4-2-1-3-5-20/h1-9,12-13,16,19,23H,10-11,14-15,17-18H2. The van der Waals surface area contributed by atoms with Gasteiger partial charge in [-0.05, 0) is 54.5 Å². The first kappa shape index (κ1) is 20.7. The summed E-state index contributed by atoms with van der Waals surface area (Å²) in [4.78, 5) is 19.7. The van der Waals surface area contributed by atoms with Crippen molar-refractivity contribution in [1.29, 1.82) is 0 Å². The lowest BCUT2D eigenvalue weighted by molar-refractivity contribution is -0.131. The predicted octanol–water partition coefficient (Wildman–Crippen LogP) is 6.39. The van der Waals surface area contributed by atoms with Crippen molar-refractivity contribution in [2.24, 2.45) is 11.8 Å². The molecule has 1 saturated carbocycles. The first-order valence-electron chi connectivity index (χ1n) is 11.8. The van der Waals surface area contributed by atoms with E-state index in [0.29, 0.717) is 17.7 Å². The summed E-state index contributed by atoms with van der Waals surface area (Å²) in [6.45, 7) is 2.62. The van der Waals surface area contributed by atoms with Crippen molar-refractivity contribution in [3.05, 3.63) is 77.3 Å². The zero-order chi connectivity index (χ0) is 22.4. The molecule has 1 aliphatic heterocycles. The molecular weight excluding hydrogens is 474 g/mol. The van der Waals surface area contributed by atoms with E-state index in [1.165, 1.54) is 11.1 Å². The monoisotopic (exact) mass is 499 g/mol. The number of amides is 1. The first-order valence-corrected chi connectivity index (χ1v) is 12.6. The summed E-state index contributed by atoms with van der Waals surface area (Å²) in [5.41, 5.74) is 5.68. The molecule has 166 valence electrons. The summed E-state index contributed by atoms with van der Waals surface area (Å²) >= 11 is 3.64. The van der Waals surface area contributed by atoms with Gasteiger partial charge in [0.2, 0.25) is 5.91 Å². The minimum absolute atomic E-state index is 0.299. The number of imidazole rings is 1. The van der Waals surface area contributed by atoms with Gasteiger partial charge < -0.3 is 9.47 Å². The number of hydrogen-bond acceptors (Lipinski definition) is 2. The molecule has 1 saturated heterocycles. The number of likely N-dealkylation sites (tertiary alicyclic amines) is 1. The Morgan fingerprint density at radius 2 is 1.64 bits per heavy atom. The maximum Gasteiger partial charge on any atom is 0.225 e. The Balaban J connectivity index is 1.33. The molecule has 2 fully saturated rings. The molecule has 6 rings (SSSR count). The number of rotatable bonds is 5. The minimum Gasteiger partial charge on any atom is -0.342 e. The molecule has 1 unspecified atom stereocenters. The summed E-state index contributed by atoms with van der Waals surface area (Å²) in [7, 11) is 0. The molecule has 0 radical (unpaired) electrons. The molecule has 0 N–H and O–H groups in total. The van der Waals surface area contributed by atoms with Crippen molar-refractivity contribution in [3.8, 4) is 22.5 Å². The first-order chi connectivity index (χ1) is 16.2. The summed E-state index contributed by atoms with van der Waals surface area (Å²) < 4.78 is 3.41. The summed E-state index contributed by atoms with van der Waals surface area (Å²) in [6, 6.07) is 25.4. The molecule has 0 bridgehead atoms. The zero-order valence-electron chi connectivity index (χ0n) is 18.5. The van der Waals surface area contributed by atoms with Gasteiger partial charge in [0, 0.05) is 35.6 Å². The quantitative estimate of drug-likeness (QED) is 0.319. The molecule has 0 spiro atoms. The van der Waals surface area contributed by atoms with Crippen LogP contribution in [0.25, 0.3) is 33.5 Å². The van der Waals surface area contributed by atoms with Gasteiger partial charge in [0.15, 0.2) is 0 Å². The van der Waals surface area contributed by atoms with E-state index in [9.17, 15) is 4.79 Å². The van der Waals surface area contributed by atoms with Gasteiger partial charge in [0.1, 0.15) is 5.82 Å². The predicted molar refractivity (Wildman–Crippen MR) is 136 cm³/mol. The number of benzene rings is 3. The largest absolute Gasteiger partial charge is 0.342 e. The molecule has 1 aliphatic carbocycles. The molecule has 4 aromatic rings. The highest BCUT2D eigenvalue weighted by Crippen LogP contribution is 2.34. The van der Waals surface area contributed by atoms with Crippen LogP contribution in [0.5, 0.6) is 0 Å². The van der Waals surface area contributed by atoms with Crippen LogP contribution in [-0.2, 0) is 11.3 Å². The van der Waals surface area contributed by atoms with Crippen molar-refractivity contribution in [1.82, 2.24) is 14.5 Å². The Morgan fingerprint density at radius 1 is 0.909 bits per heavy atom. The van der Waals surface area contributed by atoms with Crippen LogP contribution in [0.15, 0.2) is 77.3 Å². The molecule has 4 nitrogen and oxygen atoms in total. The molecule has 1 atom stereocenters. The third kappa shape index (κ3) is 4.10. The third-order valence-corrected chi connectivity index (χ3v) is 7.42. The van der Waals surface area contributed by atoms with Crippen molar-refractivity contribution in [2.45, 2.75) is 25.8 Å². The lowest BCUT2D eigenvalue weighted by Gasteiger charge is -2.18. The van der Waals surface area contributed by atoms with Gasteiger partial charge in [0.05, 0.1) is 11.0 Å². The zero-order valence-corrected chi connectivity index (χ0v) is 20.0. The fraction of sp³-hybridized carbons (Fsp3) is 0.286. The summed E-state index contributed by atoms with van der Waals surface area (Å²) in [5, 5.41) is 0. The van der Waals surface area contributed by atoms with E-state index in [0.717, 1.165) is 65.8 Å². The summed E-state index contributed by atoms with van der Waals surface area (Å²) in [6.07, 6.45) is 3.20. The van der Waals surface area contributed by atoms with Crippen LogP contribution in [0.2, 0.25) is 0 Å².